The van der Waals surface area contributed by atoms with E-state index >= 15 is 0 Å². The third-order valence-electron chi connectivity index (χ3n) is 3.57. The maximum Gasteiger partial charge on any atom is 0.261 e. The number of anilines is 1. The van der Waals surface area contributed by atoms with E-state index in [1.165, 1.54) is 30.3 Å². The zero-order chi connectivity index (χ0) is 19.9. The van der Waals surface area contributed by atoms with Crippen LogP contribution in [0.25, 0.3) is 0 Å². The van der Waals surface area contributed by atoms with Crippen molar-refractivity contribution >= 4 is 33.2 Å². The second-order valence-corrected chi connectivity index (χ2v) is 8.23. The minimum absolute atomic E-state index is 0.135. The highest BCUT2D eigenvalue weighted by Crippen LogP contribution is 2.23. The SMILES string of the molecule is CC(C)OCCCNC(=O)c1cc(NS(=O)(=O)c2ccccc2)ccc1Cl. The molecule has 0 radical (unpaired) electrons. The predicted octanol–water partition coefficient (Wildman–Crippen LogP) is 3.69. The molecule has 0 aliphatic heterocycles. The zero-order valence-electron chi connectivity index (χ0n) is 15.2. The summed E-state index contributed by atoms with van der Waals surface area (Å²) in [5.74, 6) is -0.370. The van der Waals surface area contributed by atoms with Crippen LogP contribution in [0.4, 0.5) is 5.69 Å². The molecule has 8 heteroatoms. The average Bonchev–Trinajstić information content (AvgIpc) is 2.63. The monoisotopic (exact) mass is 410 g/mol. The minimum Gasteiger partial charge on any atom is -0.379 e. The Hall–Kier alpha value is -2.09. The largest absolute Gasteiger partial charge is 0.379 e. The first kappa shape index (κ1) is 21.2. The molecule has 146 valence electrons. The van der Waals surface area contributed by atoms with Crippen molar-refractivity contribution in [3.8, 4) is 0 Å². The van der Waals surface area contributed by atoms with Crippen LogP contribution in [-0.4, -0.2) is 33.6 Å². The lowest BCUT2D eigenvalue weighted by Crippen LogP contribution is -2.26. The van der Waals surface area contributed by atoms with Gasteiger partial charge in [-0.05, 0) is 50.6 Å². The van der Waals surface area contributed by atoms with Gasteiger partial charge in [-0.15, -0.1) is 0 Å². The molecule has 1 amide bonds. The number of halogens is 1. The van der Waals surface area contributed by atoms with Gasteiger partial charge in [0.2, 0.25) is 0 Å². The maximum absolute atomic E-state index is 12.4. The summed E-state index contributed by atoms with van der Waals surface area (Å²) in [7, 11) is -3.74. The number of benzene rings is 2. The summed E-state index contributed by atoms with van der Waals surface area (Å²) in [5.41, 5.74) is 0.464. The molecule has 0 aliphatic carbocycles. The van der Waals surface area contributed by atoms with E-state index in [1.807, 2.05) is 13.8 Å². The Kier molecular flexibility index (Phi) is 7.65. The van der Waals surface area contributed by atoms with E-state index in [2.05, 4.69) is 10.0 Å². The van der Waals surface area contributed by atoms with E-state index in [4.69, 9.17) is 16.3 Å². The molecule has 0 unspecified atom stereocenters. The van der Waals surface area contributed by atoms with Crippen molar-refractivity contribution in [2.45, 2.75) is 31.3 Å². The summed E-state index contributed by atoms with van der Waals surface area (Å²) in [5, 5.41) is 3.00. The molecule has 27 heavy (non-hydrogen) atoms. The van der Waals surface area contributed by atoms with Gasteiger partial charge in [0.25, 0.3) is 15.9 Å². The van der Waals surface area contributed by atoms with Gasteiger partial charge in [-0.1, -0.05) is 29.8 Å². The Morgan fingerprint density at radius 3 is 2.52 bits per heavy atom. The summed E-state index contributed by atoms with van der Waals surface area (Å²) in [6.07, 6.45) is 0.812. The Morgan fingerprint density at radius 2 is 1.85 bits per heavy atom. The number of hydrogen-bond acceptors (Lipinski definition) is 4. The van der Waals surface area contributed by atoms with Crippen molar-refractivity contribution in [2.75, 3.05) is 17.9 Å². The normalized spacial score (nSPS) is 11.4. The molecule has 0 saturated carbocycles. The van der Waals surface area contributed by atoms with Crippen LogP contribution in [0.2, 0.25) is 5.02 Å². The first-order valence-corrected chi connectivity index (χ1v) is 10.4. The van der Waals surface area contributed by atoms with Crippen LogP contribution in [0.5, 0.6) is 0 Å². The lowest BCUT2D eigenvalue weighted by molar-refractivity contribution is 0.0757. The van der Waals surface area contributed by atoms with Crippen LogP contribution in [0.1, 0.15) is 30.6 Å². The molecule has 0 fully saturated rings. The molecule has 6 nitrogen and oxygen atoms in total. The number of nitrogens with one attached hydrogen (secondary N) is 2. The average molecular weight is 411 g/mol. The summed E-state index contributed by atoms with van der Waals surface area (Å²) >= 11 is 6.10. The van der Waals surface area contributed by atoms with Crippen LogP contribution in [0.15, 0.2) is 53.4 Å². The topological polar surface area (TPSA) is 84.5 Å². The van der Waals surface area contributed by atoms with Crippen molar-refractivity contribution in [1.82, 2.24) is 5.32 Å². The quantitative estimate of drug-likeness (QED) is 0.617. The van der Waals surface area contributed by atoms with Crippen LogP contribution >= 0.6 is 11.6 Å². The lowest BCUT2D eigenvalue weighted by Gasteiger charge is -2.12. The molecule has 2 rings (SSSR count). The molecular formula is C19H23ClN2O4S. The van der Waals surface area contributed by atoms with E-state index in [-0.39, 0.29) is 33.2 Å². The predicted molar refractivity (Wildman–Crippen MR) is 107 cm³/mol. The number of sulfonamides is 1. The fraction of sp³-hybridized carbons (Fsp3) is 0.316. The third kappa shape index (κ3) is 6.53. The van der Waals surface area contributed by atoms with E-state index in [1.54, 1.807) is 18.2 Å². The molecule has 0 atom stereocenters. The summed E-state index contributed by atoms with van der Waals surface area (Å²) in [6, 6.07) is 12.4. The van der Waals surface area contributed by atoms with E-state index < -0.39 is 10.0 Å². The number of carbonyl (C=O) groups excluding carboxylic acids is 1. The van der Waals surface area contributed by atoms with Gasteiger partial charge in [0.1, 0.15) is 0 Å². The van der Waals surface area contributed by atoms with Gasteiger partial charge in [0.15, 0.2) is 0 Å². The van der Waals surface area contributed by atoms with Crippen molar-refractivity contribution in [3.05, 3.63) is 59.1 Å². The molecule has 2 N–H and O–H groups in total. The number of ether oxygens (including phenoxy) is 1. The molecular weight excluding hydrogens is 388 g/mol. The van der Waals surface area contributed by atoms with Crippen molar-refractivity contribution in [2.24, 2.45) is 0 Å². The molecule has 0 aliphatic rings. The number of amides is 1. The zero-order valence-corrected chi connectivity index (χ0v) is 16.8. The Morgan fingerprint density at radius 1 is 1.15 bits per heavy atom. The van der Waals surface area contributed by atoms with Gasteiger partial charge < -0.3 is 10.1 Å². The molecule has 2 aromatic carbocycles. The second-order valence-electron chi connectivity index (χ2n) is 6.14. The van der Waals surface area contributed by atoms with Gasteiger partial charge in [-0.3, -0.25) is 9.52 Å². The van der Waals surface area contributed by atoms with Gasteiger partial charge >= 0.3 is 0 Å². The van der Waals surface area contributed by atoms with Crippen LogP contribution in [-0.2, 0) is 14.8 Å². The highest BCUT2D eigenvalue weighted by molar-refractivity contribution is 7.92. The molecule has 0 heterocycles. The Labute approximate surface area is 164 Å². The first-order chi connectivity index (χ1) is 12.8. The van der Waals surface area contributed by atoms with Gasteiger partial charge in [-0.2, -0.15) is 0 Å². The number of hydrogen-bond donors (Lipinski definition) is 2. The van der Waals surface area contributed by atoms with E-state index in [0.29, 0.717) is 19.6 Å². The van der Waals surface area contributed by atoms with Crippen molar-refractivity contribution in [3.63, 3.8) is 0 Å². The number of carbonyl (C=O) groups is 1. The smallest absolute Gasteiger partial charge is 0.261 e. The van der Waals surface area contributed by atoms with E-state index in [0.717, 1.165) is 0 Å². The summed E-state index contributed by atoms with van der Waals surface area (Å²) in [4.78, 5) is 12.5. The first-order valence-electron chi connectivity index (χ1n) is 8.57. The van der Waals surface area contributed by atoms with Crippen molar-refractivity contribution in [1.29, 1.82) is 0 Å². The maximum atomic E-state index is 12.4. The van der Waals surface area contributed by atoms with Gasteiger partial charge in [0, 0.05) is 18.8 Å². The van der Waals surface area contributed by atoms with Gasteiger partial charge in [0.05, 0.1) is 21.6 Å². The van der Waals surface area contributed by atoms with Crippen LogP contribution in [0.3, 0.4) is 0 Å². The highest BCUT2D eigenvalue weighted by atomic mass is 35.5. The minimum atomic E-state index is -3.74. The van der Waals surface area contributed by atoms with Crippen molar-refractivity contribution < 1.29 is 17.9 Å². The molecule has 0 saturated heterocycles. The third-order valence-corrected chi connectivity index (χ3v) is 5.30. The molecule has 2 aromatic rings. The fourth-order valence-electron chi connectivity index (χ4n) is 2.26. The van der Waals surface area contributed by atoms with E-state index in [9.17, 15) is 13.2 Å². The molecule has 0 bridgehead atoms. The molecule has 0 spiro atoms. The number of rotatable bonds is 9. The van der Waals surface area contributed by atoms with Crippen LogP contribution < -0.4 is 10.0 Å². The lowest BCUT2D eigenvalue weighted by atomic mass is 10.2. The summed E-state index contributed by atoms with van der Waals surface area (Å²) in [6.45, 7) is 4.87. The Bertz CT molecular complexity index is 871. The molecule has 0 aromatic heterocycles. The Balaban J connectivity index is 2.04. The second kappa shape index (κ2) is 9.73. The fourth-order valence-corrected chi connectivity index (χ4v) is 3.54. The van der Waals surface area contributed by atoms with Crippen LogP contribution in [0, 0.1) is 0 Å². The highest BCUT2D eigenvalue weighted by Gasteiger charge is 2.16. The summed E-state index contributed by atoms with van der Waals surface area (Å²) < 4.78 is 32.7. The van der Waals surface area contributed by atoms with Gasteiger partial charge in [-0.25, -0.2) is 8.42 Å². The standard InChI is InChI=1S/C19H23ClN2O4S/c1-14(2)26-12-6-11-21-19(23)17-13-15(9-10-18(17)20)22-27(24,25)16-7-4-3-5-8-16/h3-5,7-10,13-14,22H,6,11-12H2,1-2H3,(H,21,23).